The molecule has 0 radical (unpaired) electrons. The first-order valence-electron chi connectivity index (χ1n) is 5.33. The van der Waals surface area contributed by atoms with Gasteiger partial charge in [-0.2, -0.15) is 0 Å². The summed E-state index contributed by atoms with van der Waals surface area (Å²) in [6, 6.07) is 2.09. The lowest BCUT2D eigenvalue weighted by Crippen LogP contribution is -2.15. The van der Waals surface area contributed by atoms with E-state index in [0.717, 1.165) is 17.5 Å². The lowest BCUT2D eigenvalue weighted by molar-refractivity contribution is 0.0583. The van der Waals surface area contributed by atoms with E-state index >= 15 is 0 Å². The van der Waals surface area contributed by atoms with Crippen LogP contribution in [0.3, 0.4) is 0 Å². The minimum Gasteiger partial charge on any atom is -0.371 e. The Labute approximate surface area is 104 Å². The molecule has 0 fully saturated rings. The van der Waals surface area contributed by atoms with Crippen molar-refractivity contribution in [1.29, 1.82) is 0 Å². The van der Waals surface area contributed by atoms with Crippen molar-refractivity contribution in [2.45, 2.75) is 32.3 Å². The highest BCUT2D eigenvalue weighted by Gasteiger charge is 2.11. The normalized spacial score (nSPS) is 13.0. The number of nitrogens with two attached hydrogens (primary N) is 1. The molecule has 0 spiro atoms. The second-order valence-corrected chi connectivity index (χ2v) is 5.33. The zero-order valence-corrected chi connectivity index (χ0v) is 11.4. The van der Waals surface area contributed by atoms with Crippen LogP contribution in [0, 0.1) is 0 Å². The van der Waals surface area contributed by atoms with Crippen LogP contribution in [0.15, 0.2) is 15.9 Å². The molecule has 1 unspecified atom stereocenters. The molecule has 2 nitrogen and oxygen atoms in total. The molecule has 86 valence electrons. The first-order chi connectivity index (χ1) is 7.27. The maximum Gasteiger partial charge on any atom is 0.104 e. The fourth-order valence-corrected chi connectivity index (χ4v) is 2.85. The molecule has 2 N–H and O–H groups in total. The van der Waals surface area contributed by atoms with E-state index in [9.17, 15) is 0 Å². The molecule has 1 aromatic heterocycles. The highest BCUT2D eigenvalue weighted by atomic mass is 79.9. The van der Waals surface area contributed by atoms with E-state index in [0.29, 0.717) is 6.54 Å². The number of thiophene rings is 1. The van der Waals surface area contributed by atoms with Gasteiger partial charge >= 0.3 is 0 Å². The number of unbranched alkanes of at least 4 members (excludes halogenated alkanes) is 2. The van der Waals surface area contributed by atoms with Crippen LogP contribution >= 0.6 is 27.3 Å². The summed E-state index contributed by atoms with van der Waals surface area (Å²) in [5.74, 6) is 0. The molecule has 1 aromatic rings. The minimum atomic E-state index is 0.0677. The van der Waals surface area contributed by atoms with Gasteiger partial charge < -0.3 is 10.5 Å². The first kappa shape index (κ1) is 13.2. The van der Waals surface area contributed by atoms with Crippen molar-refractivity contribution in [3.05, 3.63) is 20.8 Å². The molecular formula is C11H18BrNOS. The number of rotatable bonds is 7. The largest absolute Gasteiger partial charge is 0.371 e. The third kappa shape index (κ3) is 4.64. The fraction of sp³-hybridized carbons (Fsp3) is 0.636. The van der Waals surface area contributed by atoms with Crippen LogP contribution in [0.5, 0.6) is 0 Å². The van der Waals surface area contributed by atoms with Gasteiger partial charge in [0.25, 0.3) is 0 Å². The molecule has 1 rings (SSSR count). The van der Waals surface area contributed by atoms with E-state index < -0.39 is 0 Å². The number of halogens is 1. The van der Waals surface area contributed by atoms with Crippen LogP contribution in [-0.4, -0.2) is 13.2 Å². The Morgan fingerprint density at radius 2 is 2.33 bits per heavy atom. The summed E-state index contributed by atoms with van der Waals surface area (Å²) in [5.41, 5.74) is 5.70. The van der Waals surface area contributed by atoms with Crippen molar-refractivity contribution in [2.24, 2.45) is 5.73 Å². The van der Waals surface area contributed by atoms with Gasteiger partial charge in [0.1, 0.15) is 6.10 Å². The van der Waals surface area contributed by atoms with E-state index in [-0.39, 0.29) is 6.10 Å². The van der Waals surface area contributed by atoms with Gasteiger partial charge in [0.2, 0.25) is 0 Å². The van der Waals surface area contributed by atoms with Gasteiger partial charge in [-0.15, -0.1) is 11.3 Å². The molecule has 0 bridgehead atoms. The van der Waals surface area contributed by atoms with Gasteiger partial charge in [0.05, 0.1) is 0 Å². The maximum atomic E-state index is 5.76. The summed E-state index contributed by atoms with van der Waals surface area (Å²) in [6.45, 7) is 3.56. The van der Waals surface area contributed by atoms with Gasteiger partial charge in [-0.1, -0.05) is 19.8 Å². The summed E-state index contributed by atoms with van der Waals surface area (Å²) in [5, 5.41) is 2.06. The van der Waals surface area contributed by atoms with Gasteiger partial charge in [-0.05, 0) is 28.4 Å². The van der Waals surface area contributed by atoms with Crippen molar-refractivity contribution < 1.29 is 4.74 Å². The quantitative estimate of drug-likeness (QED) is 0.777. The lowest BCUT2D eigenvalue weighted by atomic mass is 10.2. The van der Waals surface area contributed by atoms with Gasteiger partial charge in [-0.25, -0.2) is 0 Å². The second kappa shape index (κ2) is 7.39. The first-order valence-corrected chi connectivity index (χ1v) is 7.00. The predicted octanol–water partition coefficient (Wildman–Crippen LogP) is 3.72. The Morgan fingerprint density at radius 1 is 1.53 bits per heavy atom. The minimum absolute atomic E-state index is 0.0677. The highest BCUT2D eigenvalue weighted by molar-refractivity contribution is 9.10. The maximum absolute atomic E-state index is 5.76. The Kier molecular flexibility index (Phi) is 6.48. The SMILES string of the molecule is CCCCCOC(CN)c1cc(Br)cs1. The molecule has 0 aliphatic rings. The van der Waals surface area contributed by atoms with Gasteiger partial charge in [-0.3, -0.25) is 0 Å². The smallest absolute Gasteiger partial charge is 0.104 e. The molecule has 0 aliphatic heterocycles. The molecule has 0 saturated carbocycles. The molecule has 1 atom stereocenters. The zero-order chi connectivity index (χ0) is 11.1. The van der Waals surface area contributed by atoms with Crippen molar-refractivity contribution in [3.63, 3.8) is 0 Å². The Balaban J connectivity index is 2.35. The summed E-state index contributed by atoms with van der Waals surface area (Å²) in [4.78, 5) is 1.21. The van der Waals surface area contributed by atoms with Crippen LogP contribution in [0.1, 0.15) is 37.2 Å². The lowest BCUT2D eigenvalue weighted by Gasteiger charge is -2.13. The van der Waals surface area contributed by atoms with Crippen molar-refractivity contribution in [2.75, 3.05) is 13.2 Å². The molecule has 4 heteroatoms. The van der Waals surface area contributed by atoms with Crippen LogP contribution in [-0.2, 0) is 4.74 Å². The van der Waals surface area contributed by atoms with E-state index in [2.05, 4.69) is 34.3 Å². The topological polar surface area (TPSA) is 35.2 Å². The molecule has 1 heterocycles. The monoisotopic (exact) mass is 291 g/mol. The van der Waals surface area contributed by atoms with E-state index in [1.54, 1.807) is 11.3 Å². The predicted molar refractivity (Wildman–Crippen MR) is 69.3 cm³/mol. The van der Waals surface area contributed by atoms with Crippen molar-refractivity contribution in [3.8, 4) is 0 Å². The summed E-state index contributed by atoms with van der Waals surface area (Å²) in [7, 11) is 0. The number of hydrogen-bond donors (Lipinski definition) is 1. The van der Waals surface area contributed by atoms with Crippen LogP contribution in [0.2, 0.25) is 0 Å². The highest BCUT2D eigenvalue weighted by Crippen LogP contribution is 2.27. The van der Waals surface area contributed by atoms with E-state index in [1.165, 1.54) is 17.7 Å². The number of ether oxygens (including phenoxy) is 1. The average Bonchev–Trinajstić information content (AvgIpc) is 2.65. The molecule has 0 amide bonds. The Hall–Kier alpha value is 0.1000. The number of hydrogen-bond acceptors (Lipinski definition) is 3. The van der Waals surface area contributed by atoms with Crippen molar-refractivity contribution in [1.82, 2.24) is 0 Å². The summed E-state index contributed by atoms with van der Waals surface area (Å²) >= 11 is 5.13. The zero-order valence-electron chi connectivity index (χ0n) is 9.04. The van der Waals surface area contributed by atoms with Gasteiger partial charge in [0.15, 0.2) is 0 Å². The van der Waals surface area contributed by atoms with Crippen LogP contribution < -0.4 is 5.73 Å². The van der Waals surface area contributed by atoms with E-state index in [1.807, 2.05) is 0 Å². The van der Waals surface area contributed by atoms with Crippen LogP contribution in [0.25, 0.3) is 0 Å². The van der Waals surface area contributed by atoms with Gasteiger partial charge in [0, 0.05) is 27.9 Å². The Morgan fingerprint density at radius 3 is 2.87 bits per heavy atom. The third-order valence-electron chi connectivity index (χ3n) is 2.19. The third-order valence-corrected chi connectivity index (χ3v) is 3.97. The molecule has 0 aromatic carbocycles. The molecule has 0 aliphatic carbocycles. The molecule has 15 heavy (non-hydrogen) atoms. The second-order valence-electron chi connectivity index (χ2n) is 3.47. The molecular weight excluding hydrogens is 274 g/mol. The Bertz CT molecular complexity index is 277. The standard InChI is InChI=1S/C11H18BrNOS/c1-2-3-4-5-14-10(7-13)11-6-9(12)8-15-11/h6,8,10H,2-5,7,13H2,1H3. The molecule has 0 saturated heterocycles. The van der Waals surface area contributed by atoms with Crippen molar-refractivity contribution >= 4 is 27.3 Å². The fourth-order valence-electron chi connectivity index (χ4n) is 1.34. The summed E-state index contributed by atoms with van der Waals surface area (Å²) < 4.78 is 6.87. The summed E-state index contributed by atoms with van der Waals surface area (Å²) in [6.07, 6.45) is 3.64. The van der Waals surface area contributed by atoms with Crippen LogP contribution in [0.4, 0.5) is 0 Å². The average molecular weight is 292 g/mol. The van der Waals surface area contributed by atoms with E-state index in [4.69, 9.17) is 10.5 Å².